The van der Waals surface area contributed by atoms with Crippen LogP contribution in [0.1, 0.15) is 5.56 Å². The van der Waals surface area contributed by atoms with Crippen LogP contribution in [-0.2, 0) is 11.3 Å². The van der Waals surface area contributed by atoms with Crippen molar-refractivity contribution < 1.29 is 27.5 Å². The van der Waals surface area contributed by atoms with Crippen molar-refractivity contribution in [1.82, 2.24) is 9.88 Å². The van der Waals surface area contributed by atoms with E-state index in [1.165, 1.54) is 17.0 Å². The Labute approximate surface area is 181 Å². The minimum atomic E-state index is -4.82. The van der Waals surface area contributed by atoms with Crippen LogP contribution in [0, 0.1) is 0 Å². The van der Waals surface area contributed by atoms with E-state index in [-0.39, 0.29) is 18.8 Å². The molecule has 166 valence electrons. The molecule has 2 aromatic carbocycles. The van der Waals surface area contributed by atoms with Crippen LogP contribution in [-0.4, -0.2) is 48.8 Å². The van der Waals surface area contributed by atoms with E-state index in [0.717, 1.165) is 39.2 Å². The molecule has 1 aliphatic rings. The van der Waals surface area contributed by atoms with Crippen molar-refractivity contribution in [3.8, 4) is 5.75 Å². The maximum Gasteiger partial charge on any atom is 0.573 e. The summed E-state index contributed by atoms with van der Waals surface area (Å²) in [5, 5.41) is 0.866. The predicted octanol–water partition coefficient (Wildman–Crippen LogP) is 4.17. The number of carbonyl (C=O) groups is 2. The molecule has 2 heterocycles. The van der Waals surface area contributed by atoms with Crippen molar-refractivity contribution in [1.29, 1.82) is 0 Å². The monoisotopic (exact) mass is 444 g/mol. The lowest BCUT2D eigenvalue weighted by Crippen LogP contribution is -2.32. The van der Waals surface area contributed by atoms with E-state index in [9.17, 15) is 22.8 Å². The van der Waals surface area contributed by atoms with E-state index in [0.29, 0.717) is 0 Å². The van der Waals surface area contributed by atoms with E-state index in [2.05, 4.69) is 9.72 Å². The number of urea groups is 1. The van der Waals surface area contributed by atoms with Crippen LogP contribution in [0.15, 0.2) is 54.7 Å². The van der Waals surface area contributed by atoms with E-state index in [4.69, 9.17) is 0 Å². The van der Waals surface area contributed by atoms with Gasteiger partial charge in [-0.25, -0.2) is 9.69 Å². The smallest absolute Gasteiger partial charge is 0.406 e. The van der Waals surface area contributed by atoms with Crippen LogP contribution < -0.4 is 14.5 Å². The number of halogens is 3. The minimum Gasteiger partial charge on any atom is -0.406 e. The summed E-state index contributed by atoms with van der Waals surface area (Å²) in [5.74, 6) is -0.898. The predicted molar refractivity (Wildman–Crippen MR) is 112 cm³/mol. The lowest BCUT2D eigenvalue weighted by atomic mass is 10.1. The van der Waals surface area contributed by atoms with Gasteiger partial charge in [-0.1, -0.05) is 6.07 Å². The molecule has 0 saturated carbocycles. The van der Waals surface area contributed by atoms with Gasteiger partial charge in [0.05, 0.1) is 11.2 Å². The molecule has 0 radical (unpaired) electrons. The molecule has 10 heteroatoms. The number of hydrogen-bond acceptors (Lipinski definition) is 5. The molecule has 32 heavy (non-hydrogen) atoms. The van der Waals surface area contributed by atoms with E-state index < -0.39 is 24.1 Å². The SMILES string of the molecule is CN(C)c1ccc2c(CN3CC(=O)N(c4ccc(OC(F)(F)F)cc4)C3=O)ccnc2c1. The van der Waals surface area contributed by atoms with Gasteiger partial charge in [-0.05, 0) is 48.0 Å². The quantitative estimate of drug-likeness (QED) is 0.553. The number of carbonyl (C=O) groups excluding carboxylic acids is 2. The van der Waals surface area contributed by atoms with Gasteiger partial charge in [0.1, 0.15) is 12.3 Å². The first kappa shape index (κ1) is 21.4. The summed E-state index contributed by atoms with van der Waals surface area (Å²) in [6.07, 6.45) is -3.17. The fraction of sp³-hybridized carbons (Fsp3) is 0.227. The average Bonchev–Trinajstić information content (AvgIpc) is 3.00. The first-order valence-corrected chi connectivity index (χ1v) is 9.65. The van der Waals surface area contributed by atoms with Gasteiger partial charge in [0, 0.05) is 37.9 Å². The number of aromatic nitrogens is 1. The topological polar surface area (TPSA) is 66.0 Å². The Hall–Kier alpha value is -3.82. The summed E-state index contributed by atoms with van der Waals surface area (Å²) in [5.41, 5.74) is 2.76. The molecule has 3 aromatic rings. The number of fused-ring (bicyclic) bond motifs is 1. The molecule has 1 aliphatic heterocycles. The van der Waals surface area contributed by atoms with Crippen molar-refractivity contribution in [2.45, 2.75) is 12.9 Å². The highest BCUT2D eigenvalue weighted by Crippen LogP contribution is 2.29. The summed E-state index contributed by atoms with van der Waals surface area (Å²) in [7, 11) is 3.85. The zero-order chi connectivity index (χ0) is 23.0. The van der Waals surface area contributed by atoms with Crippen LogP contribution in [0.25, 0.3) is 10.9 Å². The zero-order valence-corrected chi connectivity index (χ0v) is 17.3. The largest absolute Gasteiger partial charge is 0.573 e. The molecule has 0 aliphatic carbocycles. The molecule has 0 atom stereocenters. The number of pyridine rings is 1. The fourth-order valence-corrected chi connectivity index (χ4v) is 3.54. The number of imide groups is 1. The Morgan fingerprint density at radius 2 is 1.78 bits per heavy atom. The summed E-state index contributed by atoms with van der Waals surface area (Å²) in [4.78, 5) is 34.1. The van der Waals surface area contributed by atoms with Crippen LogP contribution in [0.2, 0.25) is 0 Å². The number of anilines is 2. The van der Waals surface area contributed by atoms with Crippen molar-refractivity contribution in [3.63, 3.8) is 0 Å². The second kappa shape index (κ2) is 8.03. The van der Waals surface area contributed by atoms with Gasteiger partial charge in [0.15, 0.2) is 0 Å². The number of rotatable bonds is 5. The third-order valence-corrected chi connectivity index (χ3v) is 5.06. The van der Waals surface area contributed by atoms with Crippen molar-refractivity contribution >= 4 is 34.2 Å². The Balaban J connectivity index is 1.55. The van der Waals surface area contributed by atoms with E-state index in [1.807, 2.05) is 37.2 Å². The Bertz CT molecular complexity index is 1180. The van der Waals surface area contributed by atoms with Gasteiger partial charge < -0.3 is 14.5 Å². The second-order valence-electron chi connectivity index (χ2n) is 7.48. The normalized spacial score (nSPS) is 14.4. The molecule has 7 nitrogen and oxygen atoms in total. The molecule has 1 aromatic heterocycles. The summed E-state index contributed by atoms with van der Waals surface area (Å²) in [6, 6.07) is 11.7. The van der Waals surface area contributed by atoms with Gasteiger partial charge in [-0.15, -0.1) is 13.2 Å². The number of amides is 3. The maximum absolute atomic E-state index is 12.9. The van der Waals surface area contributed by atoms with Crippen molar-refractivity contribution in [2.24, 2.45) is 0 Å². The Kier molecular flexibility index (Phi) is 5.37. The highest BCUT2D eigenvalue weighted by atomic mass is 19.4. The van der Waals surface area contributed by atoms with Crippen LogP contribution in [0.5, 0.6) is 5.75 Å². The standard InChI is InChI=1S/C22H19F3N4O3/c1-27(2)16-5-8-18-14(9-10-26-19(18)11-16)12-28-13-20(30)29(21(28)31)15-3-6-17(7-4-15)32-22(23,24)25/h3-11H,12-13H2,1-2H3. The maximum atomic E-state index is 12.9. The molecule has 0 N–H and O–H groups in total. The highest BCUT2D eigenvalue weighted by molar-refractivity contribution is 6.19. The third kappa shape index (κ3) is 4.29. The molecule has 0 bridgehead atoms. The van der Waals surface area contributed by atoms with Gasteiger partial charge in [-0.3, -0.25) is 9.78 Å². The Morgan fingerprint density at radius 3 is 2.44 bits per heavy atom. The molecular formula is C22H19F3N4O3. The van der Waals surface area contributed by atoms with Crippen LogP contribution >= 0.6 is 0 Å². The summed E-state index contributed by atoms with van der Waals surface area (Å²) >= 11 is 0. The van der Waals surface area contributed by atoms with Gasteiger partial charge in [0.2, 0.25) is 0 Å². The average molecular weight is 444 g/mol. The van der Waals surface area contributed by atoms with Crippen LogP contribution in [0.4, 0.5) is 29.3 Å². The molecule has 0 unspecified atom stereocenters. The number of benzene rings is 2. The van der Waals surface area contributed by atoms with Crippen molar-refractivity contribution in [3.05, 3.63) is 60.3 Å². The summed E-state index contributed by atoms with van der Waals surface area (Å²) < 4.78 is 40.9. The van der Waals surface area contributed by atoms with Gasteiger partial charge in [0.25, 0.3) is 5.91 Å². The second-order valence-corrected chi connectivity index (χ2v) is 7.48. The number of alkyl halides is 3. The molecular weight excluding hydrogens is 425 g/mol. The van der Waals surface area contributed by atoms with Gasteiger partial charge in [-0.2, -0.15) is 0 Å². The summed E-state index contributed by atoms with van der Waals surface area (Å²) in [6.45, 7) is 0.0515. The van der Waals surface area contributed by atoms with Crippen LogP contribution in [0.3, 0.4) is 0 Å². The number of hydrogen-bond donors (Lipinski definition) is 0. The lowest BCUT2D eigenvalue weighted by Gasteiger charge is -2.19. The minimum absolute atomic E-state index is 0.140. The third-order valence-electron chi connectivity index (χ3n) is 5.06. The fourth-order valence-electron chi connectivity index (χ4n) is 3.54. The van der Waals surface area contributed by atoms with Gasteiger partial charge >= 0.3 is 12.4 Å². The van der Waals surface area contributed by atoms with Crippen molar-refractivity contribution in [2.75, 3.05) is 30.4 Å². The van der Waals surface area contributed by atoms with E-state index >= 15 is 0 Å². The lowest BCUT2D eigenvalue weighted by molar-refractivity contribution is -0.274. The number of nitrogens with zero attached hydrogens (tertiary/aromatic N) is 4. The molecule has 4 rings (SSSR count). The molecule has 1 fully saturated rings. The molecule has 0 spiro atoms. The number of ether oxygens (including phenoxy) is 1. The zero-order valence-electron chi connectivity index (χ0n) is 17.3. The van der Waals surface area contributed by atoms with E-state index in [1.54, 1.807) is 12.3 Å². The highest BCUT2D eigenvalue weighted by Gasteiger charge is 2.37. The first-order valence-electron chi connectivity index (χ1n) is 9.65. The molecule has 1 saturated heterocycles. The molecule has 3 amide bonds. The Morgan fingerprint density at radius 1 is 1.06 bits per heavy atom. The first-order chi connectivity index (χ1) is 15.1.